The van der Waals surface area contributed by atoms with E-state index in [1.807, 2.05) is 13.8 Å². The highest BCUT2D eigenvalue weighted by atomic mass is 35.5. The van der Waals surface area contributed by atoms with Gasteiger partial charge in [-0.2, -0.15) is 0 Å². The van der Waals surface area contributed by atoms with Crippen molar-refractivity contribution in [1.29, 1.82) is 0 Å². The van der Waals surface area contributed by atoms with Crippen LogP contribution in [0.25, 0.3) is 0 Å². The average molecular weight is 174 g/mol. The second kappa shape index (κ2) is 4.09. The highest BCUT2D eigenvalue weighted by Crippen LogP contribution is 1.93. The molecule has 0 saturated carbocycles. The van der Waals surface area contributed by atoms with Crippen molar-refractivity contribution in [3.63, 3.8) is 0 Å². The van der Waals surface area contributed by atoms with Crippen molar-refractivity contribution in [2.24, 2.45) is 11.1 Å². The molecule has 0 fully saturated rings. The number of halogens is 1. The molecule has 0 rings (SSSR count). The number of rotatable bonds is 2. The first kappa shape index (κ1) is 11.9. The van der Waals surface area contributed by atoms with E-state index in [0.29, 0.717) is 0 Å². The number of hydrogen-bond donors (Lipinski definition) is 1. The van der Waals surface area contributed by atoms with Crippen LogP contribution in [0.5, 0.6) is 0 Å². The largest absolute Gasteiger partial charge is 0.229 e. The summed E-state index contributed by atoms with van der Waals surface area (Å²) in [6.45, 7) is 3.62. The molecule has 0 aliphatic carbocycles. The van der Waals surface area contributed by atoms with E-state index >= 15 is 0 Å². The van der Waals surface area contributed by atoms with Crippen LogP contribution in [-0.4, -0.2) is 14.2 Å². The van der Waals surface area contributed by atoms with Crippen molar-refractivity contribution >= 4 is 22.4 Å². The Morgan fingerprint density at radius 3 is 1.78 bits per heavy atom. The minimum atomic E-state index is -3.22. The van der Waals surface area contributed by atoms with Crippen molar-refractivity contribution in [3.05, 3.63) is 0 Å². The van der Waals surface area contributed by atoms with Gasteiger partial charge >= 0.3 is 0 Å². The number of hydrogen-bond acceptors (Lipinski definition) is 2. The van der Waals surface area contributed by atoms with Crippen LogP contribution in [0.15, 0.2) is 0 Å². The molecule has 58 valence electrons. The Labute approximate surface area is 62.1 Å². The van der Waals surface area contributed by atoms with Crippen LogP contribution in [0.2, 0.25) is 0 Å². The molecule has 0 heterocycles. The lowest BCUT2D eigenvalue weighted by atomic mass is 10.3. The molecule has 0 saturated heterocycles. The summed E-state index contributed by atoms with van der Waals surface area (Å²) in [7, 11) is -3.22. The Kier molecular flexibility index (Phi) is 5.42. The molecule has 0 unspecified atom stereocenters. The highest BCUT2D eigenvalue weighted by Gasteiger charge is 2.04. The van der Waals surface area contributed by atoms with Gasteiger partial charge in [-0.05, 0) is 5.92 Å². The Hall–Kier alpha value is 0.200. The first-order valence-electron chi connectivity index (χ1n) is 2.42. The zero-order chi connectivity index (χ0) is 6.78. The SMILES string of the molecule is CC(C)CS(N)(=O)=O.Cl. The molecule has 0 aliphatic rings. The molecule has 0 aromatic heterocycles. The third-order valence-corrected chi connectivity index (χ3v) is 1.70. The third kappa shape index (κ3) is 11.7. The molecule has 0 aliphatic heterocycles. The molecule has 5 heteroatoms. The molecule has 0 spiro atoms. The van der Waals surface area contributed by atoms with Gasteiger partial charge < -0.3 is 0 Å². The predicted octanol–water partition coefficient (Wildman–Crippen LogP) is 0.353. The lowest BCUT2D eigenvalue weighted by molar-refractivity contribution is 0.584. The normalized spacial score (nSPS) is 11.1. The maximum Gasteiger partial charge on any atom is 0.209 e. The quantitative estimate of drug-likeness (QED) is 0.655. The van der Waals surface area contributed by atoms with Crippen molar-refractivity contribution in [3.8, 4) is 0 Å². The van der Waals surface area contributed by atoms with Crippen molar-refractivity contribution in [2.75, 3.05) is 5.75 Å². The maximum absolute atomic E-state index is 10.2. The highest BCUT2D eigenvalue weighted by molar-refractivity contribution is 7.89. The van der Waals surface area contributed by atoms with Gasteiger partial charge in [0.05, 0.1) is 5.75 Å². The van der Waals surface area contributed by atoms with Crippen LogP contribution in [0.3, 0.4) is 0 Å². The zero-order valence-corrected chi connectivity index (χ0v) is 7.13. The zero-order valence-electron chi connectivity index (χ0n) is 5.49. The summed E-state index contributed by atoms with van der Waals surface area (Å²) in [6.07, 6.45) is 0. The van der Waals surface area contributed by atoms with E-state index in [4.69, 9.17) is 5.14 Å². The summed E-state index contributed by atoms with van der Waals surface area (Å²) in [4.78, 5) is 0. The van der Waals surface area contributed by atoms with E-state index in [1.165, 1.54) is 0 Å². The van der Waals surface area contributed by atoms with Gasteiger partial charge in [0.25, 0.3) is 0 Å². The molecular formula is C4H12ClNO2S. The van der Waals surface area contributed by atoms with Gasteiger partial charge in [0.2, 0.25) is 10.0 Å². The summed E-state index contributed by atoms with van der Waals surface area (Å²) < 4.78 is 20.4. The molecule has 9 heavy (non-hydrogen) atoms. The Bertz CT molecular complexity index is 152. The molecule has 0 bridgehead atoms. The minimum absolute atomic E-state index is 0. The molecule has 3 nitrogen and oxygen atoms in total. The fraction of sp³-hybridized carbons (Fsp3) is 1.00. The number of nitrogens with two attached hydrogens (primary N) is 1. The van der Waals surface area contributed by atoms with Crippen LogP contribution in [0.1, 0.15) is 13.8 Å². The monoisotopic (exact) mass is 173 g/mol. The smallest absolute Gasteiger partial charge is 0.209 e. The van der Waals surface area contributed by atoms with Crippen molar-refractivity contribution in [2.45, 2.75) is 13.8 Å². The van der Waals surface area contributed by atoms with Crippen LogP contribution in [-0.2, 0) is 10.0 Å². The minimum Gasteiger partial charge on any atom is -0.229 e. The number of sulfonamides is 1. The fourth-order valence-electron chi connectivity index (χ4n) is 0.465. The molecule has 0 amide bonds. The van der Waals surface area contributed by atoms with Crippen LogP contribution in [0, 0.1) is 5.92 Å². The lowest BCUT2D eigenvalue weighted by Gasteiger charge is -1.98. The Morgan fingerprint density at radius 1 is 1.44 bits per heavy atom. The first-order valence-corrected chi connectivity index (χ1v) is 4.14. The first-order chi connectivity index (χ1) is 3.42. The van der Waals surface area contributed by atoms with Gasteiger partial charge in [0, 0.05) is 0 Å². The fourth-order valence-corrected chi connectivity index (χ4v) is 1.39. The summed E-state index contributed by atoms with van der Waals surface area (Å²) in [5.41, 5.74) is 0. The summed E-state index contributed by atoms with van der Waals surface area (Å²) >= 11 is 0. The second-order valence-electron chi connectivity index (χ2n) is 2.22. The second-order valence-corrected chi connectivity index (χ2v) is 3.88. The van der Waals surface area contributed by atoms with Gasteiger partial charge in [0.15, 0.2) is 0 Å². The Balaban J connectivity index is 0. The van der Waals surface area contributed by atoms with Gasteiger partial charge in [0.1, 0.15) is 0 Å². The summed E-state index contributed by atoms with van der Waals surface area (Å²) in [5, 5.41) is 4.71. The molecule has 0 aromatic carbocycles. The van der Waals surface area contributed by atoms with E-state index in [0.717, 1.165) is 0 Å². The molecule has 2 N–H and O–H groups in total. The summed E-state index contributed by atoms with van der Waals surface area (Å²) in [6, 6.07) is 0. The van der Waals surface area contributed by atoms with E-state index in [9.17, 15) is 8.42 Å². The van der Waals surface area contributed by atoms with Gasteiger partial charge in [-0.15, -0.1) is 12.4 Å². The molecule has 0 aromatic rings. The molecule has 0 radical (unpaired) electrons. The topological polar surface area (TPSA) is 60.2 Å². The maximum atomic E-state index is 10.2. The standard InChI is InChI=1S/C4H11NO2S.ClH/c1-4(2)3-8(5,6)7;/h4H,3H2,1-2H3,(H2,5,6,7);1H. The van der Waals surface area contributed by atoms with Crippen LogP contribution < -0.4 is 5.14 Å². The van der Waals surface area contributed by atoms with E-state index in [1.54, 1.807) is 0 Å². The van der Waals surface area contributed by atoms with E-state index < -0.39 is 10.0 Å². The van der Waals surface area contributed by atoms with Gasteiger partial charge in [-0.25, -0.2) is 13.6 Å². The van der Waals surface area contributed by atoms with Gasteiger partial charge in [-0.3, -0.25) is 0 Å². The number of primary sulfonamides is 1. The van der Waals surface area contributed by atoms with E-state index in [-0.39, 0.29) is 24.1 Å². The van der Waals surface area contributed by atoms with Crippen LogP contribution in [0.4, 0.5) is 0 Å². The lowest BCUT2D eigenvalue weighted by Crippen LogP contribution is -2.19. The summed E-state index contributed by atoms with van der Waals surface area (Å²) in [5.74, 6) is 0.206. The molecule has 0 atom stereocenters. The van der Waals surface area contributed by atoms with E-state index in [2.05, 4.69) is 0 Å². The molecular weight excluding hydrogens is 162 g/mol. The average Bonchev–Trinajstić information content (AvgIpc) is 1.21. The van der Waals surface area contributed by atoms with Crippen LogP contribution >= 0.6 is 12.4 Å². The Morgan fingerprint density at radius 2 is 1.78 bits per heavy atom. The van der Waals surface area contributed by atoms with Crippen molar-refractivity contribution < 1.29 is 8.42 Å². The third-order valence-electron chi connectivity index (χ3n) is 0.566. The predicted molar refractivity (Wildman–Crippen MR) is 40.1 cm³/mol. The van der Waals surface area contributed by atoms with Crippen molar-refractivity contribution in [1.82, 2.24) is 0 Å². The van der Waals surface area contributed by atoms with Gasteiger partial charge in [-0.1, -0.05) is 13.8 Å².